The molecule has 41 heavy (non-hydrogen) atoms. The second kappa shape index (κ2) is 16.9. The maximum Gasteiger partial charge on any atom is 0.410 e. The third-order valence-electron chi connectivity index (χ3n) is 5.70. The molecule has 0 unspecified atom stereocenters. The Labute approximate surface area is 275 Å². The van der Waals surface area contributed by atoms with Gasteiger partial charge in [-0.2, -0.15) is 0 Å². The summed E-state index contributed by atoms with van der Waals surface area (Å²) in [6, 6.07) is 16.4. The molecule has 11 heteroatoms. The third-order valence-corrected chi connectivity index (χ3v) is 7.47. The van der Waals surface area contributed by atoms with Gasteiger partial charge in [0, 0.05) is 70.6 Å². The minimum absolute atomic E-state index is 0.200. The van der Waals surface area contributed by atoms with Gasteiger partial charge >= 0.3 is 12.2 Å². The van der Waals surface area contributed by atoms with Gasteiger partial charge in [-0.25, -0.2) is 9.59 Å². The SMILES string of the molecule is Brc1ccc(I)cc1.CC(C)(C)OC(=O)N1CCN(c2ccc(Br)cc2)CC1.CC(C)(C)OC(=O)N1CCNCC1. The van der Waals surface area contributed by atoms with Crippen molar-refractivity contribution in [1.29, 1.82) is 0 Å². The summed E-state index contributed by atoms with van der Waals surface area (Å²) in [7, 11) is 0. The number of carbonyl (C=O) groups is 2. The number of nitrogens with one attached hydrogen (secondary N) is 1. The third kappa shape index (κ3) is 14.9. The number of hydrogen-bond donors (Lipinski definition) is 1. The van der Waals surface area contributed by atoms with Gasteiger partial charge in [0.05, 0.1) is 0 Å². The highest BCUT2D eigenvalue weighted by atomic mass is 127. The normalized spacial score (nSPS) is 15.6. The second-order valence-corrected chi connectivity index (χ2v) is 14.7. The highest BCUT2D eigenvalue weighted by molar-refractivity contribution is 14.1. The summed E-state index contributed by atoms with van der Waals surface area (Å²) >= 11 is 9.06. The zero-order valence-corrected chi connectivity index (χ0v) is 30.2. The molecule has 2 saturated heterocycles. The minimum atomic E-state index is -0.431. The molecule has 0 atom stereocenters. The van der Waals surface area contributed by atoms with E-state index < -0.39 is 5.60 Å². The van der Waals surface area contributed by atoms with Crippen molar-refractivity contribution in [3.05, 3.63) is 61.0 Å². The summed E-state index contributed by atoms with van der Waals surface area (Å²) in [6.07, 6.45) is -0.415. The van der Waals surface area contributed by atoms with Crippen molar-refractivity contribution in [1.82, 2.24) is 15.1 Å². The molecule has 0 aliphatic carbocycles. The Morgan fingerprint density at radius 1 is 0.683 bits per heavy atom. The van der Waals surface area contributed by atoms with Crippen LogP contribution in [0, 0.1) is 3.57 Å². The van der Waals surface area contributed by atoms with Gasteiger partial charge in [0.15, 0.2) is 0 Å². The van der Waals surface area contributed by atoms with Gasteiger partial charge in [-0.1, -0.05) is 31.9 Å². The van der Waals surface area contributed by atoms with E-state index in [0.717, 1.165) is 48.2 Å². The van der Waals surface area contributed by atoms with Crippen molar-refractivity contribution in [3.63, 3.8) is 0 Å². The van der Waals surface area contributed by atoms with Crippen LogP contribution in [0.1, 0.15) is 41.5 Å². The van der Waals surface area contributed by atoms with Crippen LogP contribution in [-0.4, -0.2) is 85.5 Å². The molecule has 2 heterocycles. The lowest BCUT2D eigenvalue weighted by Gasteiger charge is -2.36. The molecule has 2 aliphatic heterocycles. The highest BCUT2D eigenvalue weighted by Crippen LogP contribution is 2.20. The zero-order chi connectivity index (χ0) is 30.6. The van der Waals surface area contributed by atoms with E-state index in [1.54, 1.807) is 9.80 Å². The minimum Gasteiger partial charge on any atom is -0.444 e. The van der Waals surface area contributed by atoms with Gasteiger partial charge in [-0.15, -0.1) is 0 Å². The summed E-state index contributed by atoms with van der Waals surface area (Å²) in [5.74, 6) is 0. The average molecular weight is 810 g/mol. The smallest absolute Gasteiger partial charge is 0.410 e. The van der Waals surface area contributed by atoms with Crippen molar-refractivity contribution in [3.8, 4) is 0 Å². The fourth-order valence-electron chi connectivity index (χ4n) is 3.73. The van der Waals surface area contributed by atoms with E-state index in [2.05, 4.69) is 88.9 Å². The van der Waals surface area contributed by atoms with Crippen LogP contribution in [0.25, 0.3) is 0 Å². The molecule has 2 aromatic rings. The monoisotopic (exact) mass is 808 g/mol. The largest absolute Gasteiger partial charge is 0.444 e. The van der Waals surface area contributed by atoms with E-state index in [1.165, 1.54) is 9.26 Å². The molecule has 8 nitrogen and oxygen atoms in total. The Balaban J connectivity index is 0.000000239. The van der Waals surface area contributed by atoms with Crippen molar-refractivity contribution in [2.45, 2.75) is 52.7 Å². The second-order valence-electron chi connectivity index (χ2n) is 11.6. The van der Waals surface area contributed by atoms with Crippen molar-refractivity contribution in [2.24, 2.45) is 0 Å². The molecule has 2 aromatic carbocycles. The van der Waals surface area contributed by atoms with Crippen LogP contribution in [0.4, 0.5) is 15.3 Å². The van der Waals surface area contributed by atoms with E-state index >= 15 is 0 Å². The fourth-order valence-corrected chi connectivity index (χ4v) is 4.62. The molecule has 1 N–H and O–H groups in total. The molecule has 2 fully saturated rings. The number of anilines is 1. The standard InChI is InChI=1S/C15H21BrN2O2.C9H18N2O2.C6H4BrI/c1-15(2,3)20-14(19)18-10-8-17(9-11-18)13-6-4-12(16)5-7-13;1-9(2,3)13-8(12)11-6-4-10-5-7-11;7-5-1-3-6(8)4-2-5/h4-7H,8-11H2,1-3H3;10H,4-7H2,1-3H3;1-4H. The van der Waals surface area contributed by atoms with Crippen LogP contribution in [0.3, 0.4) is 0 Å². The van der Waals surface area contributed by atoms with Crippen molar-refractivity contribution in [2.75, 3.05) is 57.3 Å². The predicted octanol–water partition coefficient (Wildman–Crippen LogP) is 7.39. The first-order valence-corrected chi connectivity index (χ1v) is 16.4. The summed E-state index contributed by atoms with van der Waals surface area (Å²) in [6.45, 7) is 17.6. The summed E-state index contributed by atoms with van der Waals surface area (Å²) in [5.41, 5.74) is 0.374. The summed E-state index contributed by atoms with van der Waals surface area (Å²) in [4.78, 5) is 29.3. The van der Waals surface area contributed by atoms with Crippen molar-refractivity contribution >= 4 is 72.3 Å². The predicted molar refractivity (Wildman–Crippen MR) is 182 cm³/mol. The van der Waals surface area contributed by atoms with Crippen LogP contribution in [0.15, 0.2) is 57.5 Å². The van der Waals surface area contributed by atoms with Crippen LogP contribution in [0.2, 0.25) is 0 Å². The lowest BCUT2D eigenvalue weighted by Crippen LogP contribution is -2.50. The number of amides is 2. The Bertz CT molecular complexity index is 1050. The molecule has 2 amide bonds. The molecular weight excluding hydrogens is 767 g/mol. The van der Waals surface area contributed by atoms with Gasteiger partial charge in [0.25, 0.3) is 0 Å². The average Bonchev–Trinajstić information content (AvgIpc) is 2.90. The Kier molecular flexibility index (Phi) is 14.7. The number of ether oxygens (including phenoxy) is 2. The Morgan fingerprint density at radius 3 is 1.46 bits per heavy atom. The number of nitrogens with zero attached hydrogens (tertiary/aromatic N) is 3. The molecular formula is C30H43Br2IN4O4. The van der Waals surface area contributed by atoms with Crippen LogP contribution in [-0.2, 0) is 9.47 Å². The Morgan fingerprint density at radius 2 is 1.07 bits per heavy atom. The summed E-state index contributed by atoms with van der Waals surface area (Å²) in [5, 5.41) is 3.18. The summed E-state index contributed by atoms with van der Waals surface area (Å²) < 4.78 is 14.1. The van der Waals surface area contributed by atoms with Crippen molar-refractivity contribution < 1.29 is 19.1 Å². The molecule has 0 aromatic heterocycles. The number of carbonyl (C=O) groups excluding carboxylic acids is 2. The number of hydrogen-bond acceptors (Lipinski definition) is 6. The molecule has 0 bridgehead atoms. The van der Waals surface area contributed by atoms with Gasteiger partial charge < -0.3 is 29.5 Å². The number of benzene rings is 2. The van der Waals surface area contributed by atoms with Gasteiger partial charge in [0.2, 0.25) is 0 Å². The van der Waals surface area contributed by atoms with Gasteiger partial charge in [0.1, 0.15) is 11.2 Å². The maximum absolute atomic E-state index is 12.0. The molecule has 0 radical (unpaired) electrons. The lowest BCUT2D eigenvalue weighted by atomic mass is 10.2. The molecule has 228 valence electrons. The van der Waals surface area contributed by atoms with Gasteiger partial charge in [-0.3, -0.25) is 0 Å². The van der Waals surface area contributed by atoms with E-state index in [1.807, 2.05) is 65.8 Å². The van der Waals surface area contributed by atoms with Crippen LogP contribution < -0.4 is 10.2 Å². The first kappa shape index (κ1) is 35.6. The van der Waals surface area contributed by atoms with E-state index in [0.29, 0.717) is 13.1 Å². The number of piperazine rings is 2. The van der Waals surface area contributed by atoms with E-state index in [-0.39, 0.29) is 17.8 Å². The maximum atomic E-state index is 12.0. The topological polar surface area (TPSA) is 74.4 Å². The fraction of sp³-hybridized carbons (Fsp3) is 0.533. The van der Waals surface area contributed by atoms with Gasteiger partial charge in [-0.05, 0) is 113 Å². The first-order chi connectivity index (χ1) is 19.1. The van der Waals surface area contributed by atoms with Crippen LogP contribution >= 0.6 is 54.5 Å². The number of halogens is 3. The number of rotatable bonds is 1. The zero-order valence-electron chi connectivity index (χ0n) is 24.9. The Hall–Kier alpha value is -1.57. The van der Waals surface area contributed by atoms with Crippen LogP contribution in [0.5, 0.6) is 0 Å². The highest BCUT2D eigenvalue weighted by Gasteiger charge is 2.26. The first-order valence-electron chi connectivity index (χ1n) is 13.7. The molecule has 4 rings (SSSR count). The molecule has 0 spiro atoms. The van der Waals surface area contributed by atoms with E-state index in [4.69, 9.17) is 9.47 Å². The lowest BCUT2D eigenvalue weighted by molar-refractivity contribution is 0.0223. The molecule has 0 saturated carbocycles. The quantitative estimate of drug-likeness (QED) is 0.303. The molecule has 2 aliphatic rings. The van der Waals surface area contributed by atoms with E-state index in [9.17, 15) is 9.59 Å².